The highest BCUT2D eigenvalue weighted by Crippen LogP contribution is 2.37. The van der Waals surface area contributed by atoms with E-state index in [2.05, 4.69) is 0 Å². The molecule has 0 radical (unpaired) electrons. The van der Waals surface area contributed by atoms with Crippen molar-refractivity contribution in [2.75, 3.05) is 13.7 Å². The number of rotatable bonds is 9. The molecule has 0 saturated heterocycles. The van der Waals surface area contributed by atoms with Crippen molar-refractivity contribution in [3.05, 3.63) is 35.9 Å². The second-order valence-electron chi connectivity index (χ2n) is 7.29. The number of benzene rings is 1. The van der Waals surface area contributed by atoms with Crippen molar-refractivity contribution < 1.29 is 28.6 Å². The van der Waals surface area contributed by atoms with Gasteiger partial charge in [-0.3, -0.25) is 14.4 Å². The molecule has 0 heterocycles. The molecule has 1 aliphatic rings. The van der Waals surface area contributed by atoms with Crippen LogP contribution < -0.4 is 0 Å². The van der Waals surface area contributed by atoms with Crippen LogP contribution in [0.4, 0.5) is 0 Å². The van der Waals surface area contributed by atoms with Gasteiger partial charge >= 0.3 is 17.9 Å². The molecule has 1 aromatic rings. The van der Waals surface area contributed by atoms with Gasteiger partial charge in [0.1, 0.15) is 6.61 Å². The molecule has 3 atom stereocenters. The first-order valence-corrected chi connectivity index (χ1v) is 9.99. The quantitative estimate of drug-likeness (QED) is 0.364. The zero-order valence-electron chi connectivity index (χ0n) is 16.7. The minimum absolute atomic E-state index is 0.00866. The average molecular weight is 390 g/mol. The molecule has 1 aromatic carbocycles. The molecule has 0 aliphatic heterocycles. The SMILES string of the molecule is CCCCOC(=O)[C@H]1C[C@H](CC(=O)OC)CC[C@@H]1C(=O)OCc1ccccc1. The summed E-state index contributed by atoms with van der Waals surface area (Å²) in [7, 11) is 1.35. The number of unbranched alkanes of at least 4 members (excludes halogenated alkanes) is 1. The monoisotopic (exact) mass is 390 g/mol. The van der Waals surface area contributed by atoms with Crippen LogP contribution in [0.3, 0.4) is 0 Å². The number of esters is 3. The van der Waals surface area contributed by atoms with Gasteiger partial charge in [-0.1, -0.05) is 43.7 Å². The third kappa shape index (κ3) is 6.66. The molecule has 0 bridgehead atoms. The molecule has 2 rings (SSSR count). The number of ether oxygens (including phenoxy) is 3. The maximum Gasteiger partial charge on any atom is 0.310 e. The highest BCUT2D eigenvalue weighted by molar-refractivity contribution is 5.82. The van der Waals surface area contributed by atoms with Crippen molar-refractivity contribution >= 4 is 17.9 Å². The van der Waals surface area contributed by atoms with Crippen molar-refractivity contribution in [2.24, 2.45) is 17.8 Å². The van der Waals surface area contributed by atoms with Crippen LogP contribution in [-0.4, -0.2) is 31.6 Å². The fraction of sp³-hybridized carbons (Fsp3) is 0.591. The Morgan fingerprint density at radius 3 is 2.39 bits per heavy atom. The van der Waals surface area contributed by atoms with Crippen molar-refractivity contribution in [2.45, 2.75) is 52.1 Å². The fourth-order valence-corrected chi connectivity index (χ4v) is 3.56. The van der Waals surface area contributed by atoms with E-state index in [1.54, 1.807) is 0 Å². The molecule has 1 aliphatic carbocycles. The zero-order chi connectivity index (χ0) is 20.4. The Labute approximate surface area is 166 Å². The Balaban J connectivity index is 2.00. The largest absolute Gasteiger partial charge is 0.469 e. The lowest BCUT2D eigenvalue weighted by molar-refractivity contribution is -0.165. The predicted octanol–water partition coefficient (Wildman–Crippen LogP) is 3.67. The van der Waals surface area contributed by atoms with Gasteiger partial charge in [-0.15, -0.1) is 0 Å². The lowest BCUT2D eigenvalue weighted by Crippen LogP contribution is -2.38. The summed E-state index contributed by atoms with van der Waals surface area (Å²) in [4.78, 5) is 36.9. The summed E-state index contributed by atoms with van der Waals surface area (Å²) >= 11 is 0. The van der Waals surface area contributed by atoms with Gasteiger partial charge in [-0.25, -0.2) is 0 Å². The summed E-state index contributed by atoms with van der Waals surface area (Å²) in [5.41, 5.74) is 0.900. The number of carbonyl (C=O) groups is 3. The standard InChI is InChI=1S/C22H30O6/c1-3-4-12-27-22(25)19-13-17(14-20(23)26-2)10-11-18(19)21(24)28-15-16-8-6-5-7-9-16/h5-9,17-19H,3-4,10-15H2,1-2H3/t17-,18+,19+/m1/s1. The number of methoxy groups -OCH3 is 1. The van der Waals surface area contributed by atoms with E-state index >= 15 is 0 Å². The van der Waals surface area contributed by atoms with Gasteiger partial charge in [0.05, 0.1) is 25.6 Å². The Bertz CT molecular complexity index is 642. The van der Waals surface area contributed by atoms with Gasteiger partial charge in [0.2, 0.25) is 0 Å². The highest BCUT2D eigenvalue weighted by atomic mass is 16.5. The van der Waals surface area contributed by atoms with Gasteiger partial charge < -0.3 is 14.2 Å². The van der Waals surface area contributed by atoms with Crippen LogP contribution in [0.15, 0.2) is 30.3 Å². The van der Waals surface area contributed by atoms with E-state index in [-0.39, 0.29) is 36.9 Å². The molecule has 1 saturated carbocycles. The molecule has 0 aromatic heterocycles. The summed E-state index contributed by atoms with van der Waals surface area (Å²) in [6.45, 7) is 2.54. The maximum atomic E-state index is 12.7. The van der Waals surface area contributed by atoms with E-state index < -0.39 is 11.8 Å². The van der Waals surface area contributed by atoms with Crippen LogP contribution in [0.5, 0.6) is 0 Å². The number of carbonyl (C=O) groups excluding carboxylic acids is 3. The lowest BCUT2D eigenvalue weighted by atomic mass is 9.73. The van der Waals surface area contributed by atoms with Crippen molar-refractivity contribution in [1.29, 1.82) is 0 Å². The van der Waals surface area contributed by atoms with Gasteiger partial charge in [0.25, 0.3) is 0 Å². The molecule has 6 heteroatoms. The lowest BCUT2D eigenvalue weighted by Gasteiger charge is -2.33. The smallest absolute Gasteiger partial charge is 0.310 e. The van der Waals surface area contributed by atoms with Gasteiger partial charge in [-0.05, 0) is 37.2 Å². The van der Waals surface area contributed by atoms with Crippen LogP contribution in [0.1, 0.15) is 51.0 Å². The first-order valence-electron chi connectivity index (χ1n) is 9.99. The molecular weight excluding hydrogens is 360 g/mol. The van der Waals surface area contributed by atoms with E-state index in [1.807, 2.05) is 37.3 Å². The Morgan fingerprint density at radius 2 is 1.71 bits per heavy atom. The van der Waals surface area contributed by atoms with E-state index in [1.165, 1.54) is 7.11 Å². The minimum atomic E-state index is -0.580. The van der Waals surface area contributed by atoms with E-state index in [0.29, 0.717) is 25.9 Å². The van der Waals surface area contributed by atoms with Crippen LogP contribution in [0.25, 0.3) is 0 Å². The van der Waals surface area contributed by atoms with E-state index in [0.717, 1.165) is 18.4 Å². The second-order valence-corrected chi connectivity index (χ2v) is 7.29. The van der Waals surface area contributed by atoms with Gasteiger partial charge in [0, 0.05) is 6.42 Å². The Hall–Kier alpha value is -2.37. The summed E-state index contributed by atoms with van der Waals surface area (Å²) < 4.78 is 15.6. The number of hydrogen-bond donors (Lipinski definition) is 0. The third-order valence-corrected chi connectivity index (χ3v) is 5.21. The summed E-state index contributed by atoms with van der Waals surface area (Å²) in [5, 5.41) is 0. The molecule has 6 nitrogen and oxygen atoms in total. The maximum absolute atomic E-state index is 12.7. The van der Waals surface area contributed by atoms with Crippen molar-refractivity contribution in [3.63, 3.8) is 0 Å². The molecular formula is C22H30O6. The van der Waals surface area contributed by atoms with Gasteiger partial charge in [-0.2, -0.15) is 0 Å². The van der Waals surface area contributed by atoms with Crippen LogP contribution in [0, 0.1) is 17.8 Å². The summed E-state index contributed by atoms with van der Waals surface area (Å²) in [6, 6.07) is 9.44. The summed E-state index contributed by atoms with van der Waals surface area (Å²) in [5.74, 6) is -2.15. The number of hydrogen-bond acceptors (Lipinski definition) is 6. The molecule has 28 heavy (non-hydrogen) atoms. The molecule has 1 fully saturated rings. The van der Waals surface area contributed by atoms with E-state index in [4.69, 9.17) is 14.2 Å². The molecule has 0 unspecified atom stereocenters. The Morgan fingerprint density at radius 1 is 1.00 bits per heavy atom. The molecule has 0 amide bonds. The fourth-order valence-electron chi connectivity index (χ4n) is 3.56. The van der Waals surface area contributed by atoms with Crippen molar-refractivity contribution in [1.82, 2.24) is 0 Å². The Kier molecular flexibility index (Phi) is 8.98. The van der Waals surface area contributed by atoms with E-state index in [9.17, 15) is 14.4 Å². The highest BCUT2D eigenvalue weighted by Gasteiger charge is 2.41. The minimum Gasteiger partial charge on any atom is -0.469 e. The first kappa shape index (κ1) is 21.9. The van der Waals surface area contributed by atoms with Crippen LogP contribution >= 0.6 is 0 Å². The normalized spacial score (nSPS) is 21.6. The van der Waals surface area contributed by atoms with Crippen molar-refractivity contribution in [3.8, 4) is 0 Å². The van der Waals surface area contributed by atoms with Gasteiger partial charge in [0.15, 0.2) is 0 Å². The third-order valence-electron chi connectivity index (χ3n) is 5.21. The zero-order valence-corrected chi connectivity index (χ0v) is 16.7. The molecule has 0 spiro atoms. The molecule has 154 valence electrons. The van der Waals surface area contributed by atoms with Crippen LogP contribution in [0.2, 0.25) is 0 Å². The molecule has 0 N–H and O–H groups in total. The first-order chi connectivity index (χ1) is 13.5. The summed E-state index contributed by atoms with van der Waals surface area (Å²) in [6.07, 6.45) is 3.58. The van der Waals surface area contributed by atoms with Crippen LogP contribution in [-0.2, 0) is 35.2 Å². The second kappa shape index (κ2) is 11.5. The average Bonchev–Trinajstić information content (AvgIpc) is 2.72. The predicted molar refractivity (Wildman–Crippen MR) is 103 cm³/mol. The topological polar surface area (TPSA) is 78.9 Å².